The number of methoxy groups -OCH3 is 1. The zero-order valence-corrected chi connectivity index (χ0v) is 14.6. The standard InChI is InChI=1S/C16H20N2O8/c1-3-25-14-9-12(18(21)22)11(8-13(14)23-2)16(20)26-10-15(19)17-4-6-24-7-5-17/h8-9H,3-7,10H2,1-2H3. The number of morpholine rings is 1. The molecule has 10 nitrogen and oxygen atoms in total. The van der Waals surface area contributed by atoms with E-state index in [0.717, 1.165) is 6.07 Å². The Morgan fingerprint density at radius 3 is 2.54 bits per heavy atom. The van der Waals surface area contributed by atoms with Gasteiger partial charge in [-0.2, -0.15) is 0 Å². The van der Waals surface area contributed by atoms with Crippen LogP contribution in [0.2, 0.25) is 0 Å². The van der Waals surface area contributed by atoms with Gasteiger partial charge in [0, 0.05) is 19.2 Å². The number of nitro benzene ring substituents is 1. The van der Waals surface area contributed by atoms with Crippen molar-refractivity contribution in [2.24, 2.45) is 0 Å². The molecule has 1 fully saturated rings. The molecule has 2 rings (SSSR count). The number of amides is 1. The fourth-order valence-corrected chi connectivity index (χ4v) is 2.40. The van der Waals surface area contributed by atoms with Crippen LogP contribution >= 0.6 is 0 Å². The third-order valence-electron chi connectivity index (χ3n) is 3.69. The van der Waals surface area contributed by atoms with E-state index in [-0.39, 0.29) is 29.6 Å². The molecule has 0 N–H and O–H groups in total. The summed E-state index contributed by atoms with van der Waals surface area (Å²) in [6.07, 6.45) is 0. The molecule has 1 aromatic carbocycles. The first-order valence-electron chi connectivity index (χ1n) is 7.99. The zero-order chi connectivity index (χ0) is 19.1. The van der Waals surface area contributed by atoms with Crippen molar-refractivity contribution in [2.75, 3.05) is 46.6 Å². The number of carbonyl (C=O) groups excluding carboxylic acids is 2. The van der Waals surface area contributed by atoms with Crippen molar-refractivity contribution in [1.82, 2.24) is 4.90 Å². The molecule has 0 aliphatic carbocycles. The normalized spacial score (nSPS) is 13.8. The van der Waals surface area contributed by atoms with Crippen molar-refractivity contribution in [3.8, 4) is 11.5 Å². The average molecular weight is 368 g/mol. The molecule has 1 saturated heterocycles. The highest BCUT2D eigenvalue weighted by Gasteiger charge is 2.27. The number of esters is 1. The van der Waals surface area contributed by atoms with E-state index in [1.807, 2.05) is 0 Å². The van der Waals surface area contributed by atoms with E-state index < -0.39 is 23.2 Å². The van der Waals surface area contributed by atoms with Crippen LogP contribution in [0.1, 0.15) is 17.3 Å². The van der Waals surface area contributed by atoms with Crippen LogP contribution in [0.5, 0.6) is 11.5 Å². The Labute approximate surface area is 149 Å². The topological polar surface area (TPSA) is 117 Å². The lowest BCUT2D eigenvalue weighted by atomic mass is 10.1. The lowest BCUT2D eigenvalue weighted by molar-refractivity contribution is -0.385. The van der Waals surface area contributed by atoms with E-state index in [4.69, 9.17) is 18.9 Å². The summed E-state index contributed by atoms with van der Waals surface area (Å²) in [4.78, 5) is 36.4. The largest absolute Gasteiger partial charge is 0.493 e. The van der Waals surface area contributed by atoms with Crippen LogP contribution in [0, 0.1) is 10.1 Å². The number of benzene rings is 1. The van der Waals surface area contributed by atoms with Crippen LogP contribution in [0.15, 0.2) is 12.1 Å². The number of nitrogens with zero attached hydrogens (tertiary/aromatic N) is 2. The molecule has 0 unspecified atom stereocenters. The minimum atomic E-state index is -0.986. The van der Waals surface area contributed by atoms with E-state index in [0.29, 0.717) is 26.3 Å². The Hall–Kier alpha value is -2.88. The molecule has 1 amide bonds. The molecule has 26 heavy (non-hydrogen) atoms. The Kier molecular flexibility index (Phi) is 6.73. The second kappa shape index (κ2) is 8.99. The molecular formula is C16H20N2O8. The zero-order valence-electron chi connectivity index (χ0n) is 14.6. The minimum Gasteiger partial charge on any atom is -0.493 e. The molecule has 1 aliphatic heterocycles. The molecule has 142 valence electrons. The molecule has 1 aliphatic rings. The first-order chi connectivity index (χ1) is 12.5. The number of ether oxygens (including phenoxy) is 4. The van der Waals surface area contributed by atoms with E-state index in [1.54, 1.807) is 6.92 Å². The van der Waals surface area contributed by atoms with Gasteiger partial charge in [0.1, 0.15) is 5.56 Å². The first kappa shape index (κ1) is 19.4. The SMILES string of the molecule is CCOc1cc([N+](=O)[O-])c(C(=O)OCC(=O)N2CCOCC2)cc1OC. The van der Waals surface area contributed by atoms with Gasteiger partial charge in [0.25, 0.3) is 11.6 Å². The van der Waals surface area contributed by atoms with E-state index in [1.165, 1.54) is 18.1 Å². The molecular weight excluding hydrogens is 348 g/mol. The van der Waals surface area contributed by atoms with Crippen molar-refractivity contribution in [2.45, 2.75) is 6.92 Å². The smallest absolute Gasteiger partial charge is 0.345 e. The van der Waals surface area contributed by atoms with Crippen LogP contribution in [0.25, 0.3) is 0 Å². The van der Waals surface area contributed by atoms with Gasteiger partial charge in [0.2, 0.25) is 0 Å². The van der Waals surface area contributed by atoms with Crippen molar-refractivity contribution in [3.63, 3.8) is 0 Å². The maximum absolute atomic E-state index is 12.3. The Morgan fingerprint density at radius 2 is 1.96 bits per heavy atom. The van der Waals surface area contributed by atoms with Gasteiger partial charge in [-0.3, -0.25) is 14.9 Å². The Bertz CT molecular complexity index is 685. The molecule has 10 heteroatoms. The summed E-state index contributed by atoms with van der Waals surface area (Å²) < 4.78 is 20.5. The van der Waals surface area contributed by atoms with Gasteiger partial charge < -0.3 is 23.8 Å². The van der Waals surface area contributed by atoms with Crippen LogP contribution in [0.3, 0.4) is 0 Å². The van der Waals surface area contributed by atoms with Gasteiger partial charge in [-0.05, 0) is 6.92 Å². The summed E-state index contributed by atoms with van der Waals surface area (Å²) >= 11 is 0. The van der Waals surface area contributed by atoms with Crippen molar-refractivity contribution in [1.29, 1.82) is 0 Å². The predicted octanol–water partition coefficient (Wildman–Crippen LogP) is 1.02. The first-order valence-corrected chi connectivity index (χ1v) is 7.99. The van der Waals surface area contributed by atoms with E-state index in [2.05, 4.69) is 0 Å². The molecule has 0 saturated carbocycles. The highest BCUT2D eigenvalue weighted by atomic mass is 16.6. The van der Waals surface area contributed by atoms with Crippen molar-refractivity contribution < 1.29 is 33.5 Å². The summed E-state index contributed by atoms with van der Waals surface area (Å²) in [6, 6.07) is 2.27. The molecule has 0 bridgehead atoms. The van der Waals surface area contributed by atoms with Crippen molar-refractivity contribution >= 4 is 17.6 Å². The monoisotopic (exact) mass is 368 g/mol. The Morgan fingerprint density at radius 1 is 1.27 bits per heavy atom. The molecule has 0 aromatic heterocycles. The second-order valence-corrected chi connectivity index (χ2v) is 5.28. The summed E-state index contributed by atoms with van der Waals surface area (Å²) in [5, 5.41) is 11.3. The highest BCUT2D eigenvalue weighted by Crippen LogP contribution is 2.35. The quantitative estimate of drug-likeness (QED) is 0.398. The predicted molar refractivity (Wildman–Crippen MR) is 88.5 cm³/mol. The van der Waals surface area contributed by atoms with Gasteiger partial charge in [-0.15, -0.1) is 0 Å². The van der Waals surface area contributed by atoms with E-state index >= 15 is 0 Å². The van der Waals surface area contributed by atoms with E-state index in [9.17, 15) is 19.7 Å². The Balaban J connectivity index is 2.15. The minimum absolute atomic E-state index is 0.141. The molecule has 0 atom stereocenters. The van der Waals surface area contributed by atoms with Crippen LogP contribution in [0.4, 0.5) is 5.69 Å². The third kappa shape index (κ3) is 4.60. The lowest BCUT2D eigenvalue weighted by Gasteiger charge is -2.26. The summed E-state index contributed by atoms with van der Waals surface area (Å²) in [6.45, 7) is 3.13. The second-order valence-electron chi connectivity index (χ2n) is 5.28. The molecule has 1 aromatic rings. The molecule has 0 spiro atoms. The fourth-order valence-electron chi connectivity index (χ4n) is 2.40. The number of carbonyl (C=O) groups is 2. The molecule has 1 heterocycles. The number of nitro groups is 1. The lowest BCUT2D eigenvalue weighted by Crippen LogP contribution is -2.42. The van der Waals surface area contributed by atoms with Crippen molar-refractivity contribution in [3.05, 3.63) is 27.8 Å². The van der Waals surface area contributed by atoms with Gasteiger partial charge in [-0.25, -0.2) is 4.79 Å². The summed E-state index contributed by atoms with van der Waals surface area (Å²) in [5.41, 5.74) is -0.803. The van der Waals surface area contributed by atoms with Crippen LogP contribution in [-0.2, 0) is 14.3 Å². The maximum atomic E-state index is 12.3. The maximum Gasteiger partial charge on any atom is 0.345 e. The fraction of sp³-hybridized carbons (Fsp3) is 0.500. The summed E-state index contributed by atoms with van der Waals surface area (Å²) in [5.74, 6) is -1.08. The number of rotatable bonds is 7. The third-order valence-corrected chi connectivity index (χ3v) is 3.69. The molecule has 0 radical (unpaired) electrons. The van der Waals surface area contributed by atoms with Crippen LogP contribution < -0.4 is 9.47 Å². The van der Waals surface area contributed by atoms with Gasteiger partial charge in [0.05, 0.1) is 37.9 Å². The van der Waals surface area contributed by atoms with Gasteiger partial charge in [-0.1, -0.05) is 0 Å². The number of hydrogen-bond donors (Lipinski definition) is 0. The van der Waals surface area contributed by atoms with Gasteiger partial charge in [0.15, 0.2) is 18.1 Å². The average Bonchev–Trinajstić information content (AvgIpc) is 2.66. The highest BCUT2D eigenvalue weighted by molar-refractivity contribution is 5.96. The van der Waals surface area contributed by atoms with Gasteiger partial charge >= 0.3 is 5.97 Å². The summed E-state index contributed by atoms with van der Waals surface area (Å²) in [7, 11) is 1.35. The number of hydrogen-bond acceptors (Lipinski definition) is 8. The van der Waals surface area contributed by atoms with Crippen LogP contribution in [-0.4, -0.2) is 68.3 Å².